The highest BCUT2D eigenvalue weighted by Crippen LogP contribution is 1.97. The molecule has 0 bridgehead atoms. The number of aryl methyl sites for hydroxylation is 1. The van der Waals surface area contributed by atoms with Crippen LogP contribution in [0.25, 0.3) is 0 Å². The maximum Gasteiger partial charge on any atom is 0.244 e. The molecule has 0 unspecified atom stereocenters. The Balaban J connectivity index is 2.45. The zero-order valence-electron chi connectivity index (χ0n) is 9.60. The third kappa shape index (κ3) is 3.34. The van der Waals surface area contributed by atoms with Gasteiger partial charge in [-0.3, -0.25) is 4.79 Å². The molecule has 1 amide bonds. The van der Waals surface area contributed by atoms with Crippen LogP contribution < -0.4 is 0 Å². The molecule has 0 saturated carbocycles. The SMILES string of the molecule is CCCCN(C)C(=O)Cn1nncc1C. The lowest BCUT2D eigenvalue weighted by atomic mass is 10.3. The molecule has 0 aliphatic heterocycles. The molecule has 5 nitrogen and oxygen atoms in total. The van der Waals surface area contributed by atoms with Crippen molar-refractivity contribution in [3.8, 4) is 0 Å². The van der Waals surface area contributed by atoms with Gasteiger partial charge in [-0.2, -0.15) is 0 Å². The zero-order chi connectivity index (χ0) is 11.3. The number of carbonyl (C=O) groups excluding carboxylic acids is 1. The van der Waals surface area contributed by atoms with Gasteiger partial charge in [0.1, 0.15) is 6.54 Å². The molecule has 1 aromatic rings. The Morgan fingerprint density at radius 1 is 1.60 bits per heavy atom. The molecule has 0 aliphatic carbocycles. The number of nitrogens with zero attached hydrogens (tertiary/aromatic N) is 4. The van der Waals surface area contributed by atoms with Gasteiger partial charge in [0, 0.05) is 13.6 Å². The zero-order valence-corrected chi connectivity index (χ0v) is 9.60. The number of likely N-dealkylation sites (N-methyl/N-ethyl adjacent to an activating group) is 1. The van der Waals surface area contributed by atoms with E-state index in [-0.39, 0.29) is 12.5 Å². The van der Waals surface area contributed by atoms with E-state index in [0.29, 0.717) is 0 Å². The minimum Gasteiger partial charge on any atom is -0.344 e. The average Bonchev–Trinajstić information content (AvgIpc) is 2.61. The van der Waals surface area contributed by atoms with Gasteiger partial charge in [0.15, 0.2) is 0 Å². The van der Waals surface area contributed by atoms with Crippen molar-refractivity contribution in [2.24, 2.45) is 0 Å². The van der Waals surface area contributed by atoms with Crippen LogP contribution in [0.1, 0.15) is 25.5 Å². The highest BCUT2D eigenvalue weighted by Gasteiger charge is 2.10. The van der Waals surface area contributed by atoms with Gasteiger partial charge in [-0.1, -0.05) is 18.6 Å². The minimum atomic E-state index is 0.0806. The van der Waals surface area contributed by atoms with E-state index < -0.39 is 0 Å². The van der Waals surface area contributed by atoms with Crippen molar-refractivity contribution in [3.05, 3.63) is 11.9 Å². The molecule has 5 heteroatoms. The molecule has 0 aliphatic rings. The third-order valence-electron chi connectivity index (χ3n) is 2.37. The molecule has 84 valence electrons. The van der Waals surface area contributed by atoms with E-state index in [1.54, 1.807) is 15.8 Å². The summed E-state index contributed by atoms with van der Waals surface area (Å²) in [6.45, 7) is 5.09. The van der Waals surface area contributed by atoms with Crippen LogP contribution in [-0.2, 0) is 11.3 Å². The first kappa shape index (κ1) is 11.7. The average molecular weight is 210 g/mol. The predicted molar refractivity (Wildman–Crippen MR) is 57.3 cm³/mol. The Bertz CT molecular complexity index is 321. The predicted octanol–water partition coefficient (Wildman–Crippen LogP) is 0.845. The fraction of sp³-hybridized carbons (Fsp3) is 0.700. The number of unbranched alkanes of at least 4 members (excludes halogenated alkanes) is 1. The summed E-state index contributed by atoms with van der Waals surface area (Å²) in [6, 6.07) is 0. The molecule has 0 aromatic carbocycles. The van der Waals surface area contributed by atoms with Gasteiger partial charge >= 0.3 is 0 Å². The molecular formula is C10H18N4O. The van der Waals surface area contributed by atoms with Crippen molar-refractivity contribution >= 4 is 5.91 Å². The van der Waals surface area contributed by atoms with Crippen molar-refractivity contribution in [2.75, 3.05) is 13.6 Å². The lowest BCUT2D eigenvalue weighted by molar-refractivity contribution is -0.130. The van der Waals surface area contributed by atoms with Crippen LogP contribution >= 0.6 is 0 Å². The molecule has 1 aromatic heterocycles. The van der Waals surface area contributed by atoms with E-state index in [0.717, 1.165) is 25.1 Å². The molecule has 0 atom stereocenters. The Morgan fingerprint density at radius 3 is 2.87 bits per heavy atom. The number of amides is 1. The van der Waals surface area contributed by atoms with Crippen LogP contribution in [0.2, 0.25) is 0 Å². The number of hydrogen-bond acceptors (Lipinski definition) is 3. The normalized spacial score (nSPS) is 10.3. The van der Waals surface area contributed by atoms with Gasteiger partial charge in [-0.25, -0.2) is 4.68 Å². The Morgan fingerprint density at radius 2 is 2.33 bits per heavy atom. The summed E-state index contributed by atoms with van der Waals surface area (Å²) in [7, 11) is 1.82. The van der Waals surface area contributed by atoms with E-state index in [9.17, 15) is 4.79 Å². The van der Waals surface area contributed by atoms with Crippen molar-refractivity contribution < 1.29 is 4.79 Å². The summed E-state index contributed by atoms with van der Waals surface area (Å²) in [5.41, 5.74) is 0.909. The molecular weight excluding hydrogens is 192 g/mol. The molecule has 0 saturated heterocycles. The number of aromatic nitrogens is 3. The van der Waals surface area contributed by atoms with Crippen LogP contribution in [0.3, 0.4) is 0 Å². The summed E-state index contributed by atoms with van der Waals surface area (Å²) in [4.78, 5) is 13.4. The first-order valence-corrected chi connectivity index (χ1v) is 5.24. The van der Waals surface area contributed by atoms with E-state index in [4.69, 9.17) is 0 Å². The summed E-state index contributed by atoms with van der Waals surface area (Å²) in [5, 5.41) is 7.58. The number of rotatable bonds is 5. The van der Waals surface area contributed by atoms with Crippen LogP contribution in [0, 0.1) is 6.92 Å². The third-order valence-corrected chi connectivity index (χ3v) is 2.37. The van der Waals surface area contributed by atoms with Gasteiger partial charge in [0.05, 0.1) is 11.9 Å². The molecule has 0 spiro atoms. The Hall–Kier alpha value is -1.39. The highest BCUT2D eigenvalue weighted by atomic mass is 16.2. The second kappa shape index (κ2) is 5.48. The Labute approximate surface area is 90.1 Å². The first-order chi connectivity index (χ1) is 7.15. The van der Waals surface area contributed by atoms with Gasteiger partial charge in [-0.05, 0) is 13.3 Å². The number of hydrogen-bond donors (Lipinski definition) is 0. The maximum atomic E-state index is 11.7. The van der Waals surface area contributed by atoms with Crippen molar-refractivity contribution in [1.82, 2.24) is 19.9 Å². The van der Waals surface area contributed by atoms with Crippen LogP contribution in [0.5, 0.6) is 0 Å². The second-order valence-electron chi connectivity index (χ2n) is 3.70. The van der Waals surface area contributed by atoms with Crippen molar-refractivity contribution in [3.63, 3.8) is 0 Å². The largest absolute Gasteiger partial charge is 0.344 e. The molecule has 0 radical (unpaired) electrons. The monoisotopic (exact) mass is 210 g/mol. The van der Waals surface area contributed by atoms with Crippen LogP contribution in [-0.4, -0.2) is 39.4 Å². The van der Waals surface area contributed by atoms with E-state index in [1.807, 2.05) is 14.0 Å². The maximum absolute atomic E-state index is 11.7. The molecule has 1 rings (SSSR count). The smallest absolute Gasteiger partial charge is 0.244 e. The summed E-state index contributed by atoms with van der Waals surface area (Å²) < 4.78 is 1.62. The van der Waals surface area contributed by atoms with Gasteiger partial charge in [0.2, 0.25) is 5.91 Å². The van der Waals surface area contributed by atoms with E-state index >= 15 is 0 Å². The molecule has 0 N–H and O–H groups in total. The fourth-order valence-corrected chi connectivity index (χ4v) is 1.23. The lowest BCUT2D eigenvalue weighted by Gasteiger charge is -2.16. The summed E-state index contributed by atoms with van der Waals surface area (Å²) in [5.74, 6) is 0.0806. The second-order valence-corrected chi connectivity index (χ2v) is 3.70. The highest BCUT2D eigenvalue weighted by molar-refractivity contribution is 5.75. The topological polar surface area (TPSA) is 51.0 Å². The molecule has 15 heavy (non-hydrogen) atoms. The summed E-state index contributed by atoms with van der Waals surface area (Å²) in [6.07, 6.45) is 3.79. The summed E-state index contributed by atoms with van der Waals surface area (Å²) >= 11 is 0. The van der Waals surface area contributed by atoms with Crippen molar-refractivity contribution in [2.45, 2.75) is 33.2 Å². The first-order valence-electron chi connectivity index (χ1n) is 5.24. The molecule has 0 fully saturated rings. The van der Waals surface area contributed by atoms with Crippen molar-refractivity contribution in [1.29, 1.82) is 0 Å². The standard InChI is InChI=1S/C10H18N4O/c1-4-5-6-13(3)10(15)8-14-9(2)7-11-12-14/h7H,4-6,8H2,1-3H3. The van der Waals surface area contributed by atoms with E-state index in [2.05, 4.69) is 17.2 Å². The van der Waals surface area contributed by atoms with Crippen LogP contribution in [0.4, 0.5) is 0 Å². The lowest BCUT2D eigenvalue weighted by Crippen LogP contribution is -2.31. The fourth-order valence-electron chi connectivity index (χ4n) is 1.23. The Kier molecular flexibility index (Phi) is 4.27. The minimum absolute atomic E-state index is 0.0806. The van der Waals surface area contributed by atoms with Gasteiger partial charge < -0.3 is 4.90 Å². The van der Waals surface area contributed by atoms with Crippen LogP contribution in [0.15, 0.2) is 6.20 Å². The quantitative estimate of drug-likeness (QED) is 0.723. The van der Waals surface area contributed by atoms with Gasteiger partial charge in [0.25, 0.3) is 0 Å². The van der Waals surface area contributed by atoms with E-state index in [1.165, 1.54) is 0 Å². The number of carbonyl (C=O) groups is 1. The van der Waals surface area contributed by atoms with Gasteiger partial charge in [-0.15, -0.1) is 5.10 Å². The molecule has 1 heterocycles.